The molecule has 10 aromatic rings. The Hall–Kier alpha value is -7.40. The molecule has 9 aromatic carbocycles. The largest absolute Gasteiger partial charge is 0.454 e. The zero-order chi connectivity index (χ0) is 51.7. The molecule has 4 heteroatoms. The van der Waals surface area contributed by atoms with Gasteiger partial charge in [0.25, 0.3) is 0 Å². The number of hydrogen-bond donors (Lipinski definition) is 0. The molecule has 0 radical (unpaired) electrons. The van der Waals surface area contributed by atoms with Crippen LogP contribution in [0.1, 0.15) is 101 Å². The first-order valence-corrected chi connectivity index (χ1v) is 30.1. The average Bonchev–Trinajstić information content (AvgIpc) is 4.07. The van der Waals surface area contributed by atoms with E-state index in [-0.39, 0.29) is 16.2 Å². The Morgan fingerprint density at radius 2 is 0.824 bits per heavy atom. The summed E-state index contributed by atoms with van der Waals surface area (Å²) < 4.78 is 7.30. The molecule has 0 aliphatic heterocycles. The van der Waals surface area contributed by atoms with Crippen molar-refractivity contribution >= 4 is 69.3 Å². The lowest BCUT2D eigenvalue weighted by molar-refractivity contribution is 0.590. The van der Waals surface area contributed by atoms with Crippen LogP contribution in [0.2, 0.25) is 19.6 Å². The standard InChI is InChI=1S/C70H68N2OSi/c1-67(2,3)45-25-31-48(32-26-45)71(49-33-27-46(28-34-49)68(4,5)6)52-39-42-56-60(43-52)70(58-22-16-13-19-54(58)55-20-14-17-23-59(55)70)61-44-62(66-65(64(56)61)57-21-15-18-24-63(57)73-66)72(50-35-29-47(30-36-50)69(7,8)9)51-37-40-53(41-38-51)74(10,11)12/h13-44H,1-12H3. The van der Waals surface area contributed by atoms with Crippen LogP contribution in [-0.4, -0.2) is 8.07 Å². The third kappa shape index (κ3) is 7.50. The van der Waals surface area contributed by atoms with Gasteiger partial charge in [-0.3, -0.25) is 0 Å². The first kappa shape index (κ1) is 47.6. The molecule has 368 valence electrons. The van der Waals surface area contributed by atoms with Gasteiger partial charge < -0.3 is 14.2 Å². The quantitative estimate of drug-likeness (QED) is 0.148. The lowest BCUT2D eigenvalue weighted by Gasteiger charge is -2.33. The van der Waals surface area contributed by atoms with E-state index < -0.39 is 13.5 Å². The lowest BCUT2D eigenvalue weighted by Crippen LogP contribution is -2.37. The summed E-state index contributed by atoms with van der Waals surface area (Å²) in [5.74, 6) is 0. The molecule has 0 bridgehead atoms. The molecule has 0 saturated carbocycles. The normalized spacial score (nSPS) is 13.8. The van der Waals surface area contributed by atoms with E-state index in [1.54, 1.807) is 0 Å². The van der Waals surface area contributed by atoms with E-state index in [9.17, 15) is 0 Å². The van der Waals surface area contributed by atoms with Gasteiger partial charge in [0.2, 0.25) is 0 Å². The summed E-state index contributed by atoms with van der Waals surface area (Å²) in [5.41, 5.74) is 21.8. The van der Waals surface area contributed by atoms with Crippen molar-refractivity contribution < 1.29 is 4.42 Å². The second-order valence-corrected chi connectivity index (χ2v) is 30.1. The van der Waals surface area contributed by atoms with Crippen LogP contribution in [0.25, 0.3) is 44.2 Å². The van der Waals surface area contributed by atoms with Crippen molar-refractivity contribution in [2.75, 3.05) is 9.80 Å². The summed E-state index contributed by atoms with van der Waals surface area (Å²) >= 11 is 0. The van der Waals surface area contributed by atoms with Crippen LogP contribution in [0, 0.1) is 0 Å². The summed E-state index contributed by atoms with van der Waals surface area (Å²) in [4.78, 5) is 4.93. The number of para-hydroxylation sites is 1. The third-order valence-corrected chi connectivity index (χ3v) is 18.2. The number of fused-ring (bicyclic) bond motifs is 14. The highest BCUT2D eigenvalue weighted by Crippen LogP contribution is 2.66. The van der Waals surface area contributed by atoms with E-state index in [0.29, 0.717) is 0 Å². The number of nitrogens with zero attached hydrogens (tertiary/aromatic N) is 2. The zero-order valence-electron chi connectivity index (χ0n) is 45.3. The highest BCUT2D eigenvalue weighted by molar-refractivity contribution is 6.88. The monoisotopic (exact) mass is 981 g/mol. The Morgan fingerprint density at radius 3 is 1.31 bits per heavy atom. The fourth-order valence-corrected chi connectivity index (χ4v) is 13.3. The minimum atomic E-state index is -1.60. The van der Waals surface area contributed by atoms with Crippen LogP contribution >= 0.6 is 0 Å². The average molecular weight is 981 g/mol. The molecular formula is C70H68N2OSi. The molecule has 0 atom stereocenters. The molecule has 2 aliphatic rings. The Bertz CT molecular complexity index is 3630. The number of anilines is 6. The summed E-state index contributed by atoms with van der Waals surface area (Å²) in [6.07, 6.45) is 0. The predicted molar refractivity (Wildman–Crippen MR) is 318 cm³/mol. The molecule has 0 unspecified atom stereocenters. The minimum Gasteiger partial charge on any atom is -0.454 e. The molecule has 0 amide bonds. The van der Waals surface area contributed by atoms with Gasteiger partial charge in [0.15, 0.2) is 5.58 Å². The topological polar surface area (TPSA) is 19.6 Å². The lowest BCUT2D eigenvalue weighted by atomic mass is 9.70. The first-order valence-electron chi connectivity index (χ1n) is 26.6. The highest BCUT2D eigenvalue weighted by Gasteiger charge is 2.53. The molecule has 0 N–H and O–H groups in total. The van der Waals surface area contributed by atoms with E-state index in [4.69, 9.17) is 4.42 Å². The van der Waals surface area contributed by atoms with Crippen molar-refractivity contribution in [1.82, 2.24) is 0 Å². The predicted octanol–water partition coefficient (Wildman–Crippen LogP) is 19.3. The van der Waals surface area contributed by atoms with Crippen molar-refractivity contribution in [3.63, 3.8) is 0 Å². The second kappa shape index (κ2) is 16.8. The Balaban J connectivity index is 1.18. The van der Waals surface area contributed by atoms with Crippen molar-refractivity contribution in [3.8, 4) is 22.3 Å². The van der Waals surface area contributed by atoms with E-state index in [0.717, 1.165) is 56.1 Å². The van der Waals surface area contributed by atoms with Crippen molar-refractivity contribution in [3.05, 3.63) is 233 Å². The van der Waals surface area contributed by atoms with Gasteiger partial charge in [-0.15, -0.1) is 0 Å². The molecule has 3 nitrogen and oxygen atoms in total. The van der Waals surface area contributed by atoms with Gasteiger partial charge in [0, 0.05) is 39.2 Å². The first-order chi connectivity index (χ1) is 35.2. The van der Waals surface area contributed by atoms with E-state index in [1.165, 1.54) is 66.4 Å². The van der Waals surface area contributed by atoms with Crippen LogP contribution in [0.5, 0.6) is 0 Å². The smallest absolute Gasteiger partial charge is 0.160 e. The second-order valence-electron chi connectivity index (χ2n) is 25.0. The van der Waals surface area contributed by atoms with Gasteiger partial charge in [-0.1, -0.05) is 208 Å². The van der Waals surface area contributed by atoms with E-state index in [1.807, 2.05) is 0 Å². The van der Waals surface area contributed by atoms with Crippen molar-refractivity contribution in [2.45, 2.75) is 104 Å². The van der Waals surface area contributed by atoms with Crippen LogP contribution in [0.15, 0.2) is 199 Å². The number of benzene rings is 9. The van der Waals surface area contributed by atoms with Gasteiger partial charge in [-0.2, -0.15) is 0 Å². The van der Waals surface area contributed by atoms with Crippen LogP contribution in [0.4, 0.5) is 34.1 Å². The van der Waals surface area contributed by atoms with Gasteiger partial charge in [0.1, 0.15) is 5.58 Å². The molecule has 12 rings (SSSR count). The molecule has 1 aromatic heterocycles. The molecule has 0 saturated heterocycles. The summed E-state index contributed by atoms with van der Waals surface area (Å²) in [6, 6.07) is 73.9. The van der Waals surface area contributed by atoms with Crippen LogP contribution in [-0.2, 0) is 21.7 Å². The van der Waals surface area contributed by atoms with Gasteiger partial charge in [-0.25, -0.2) is 0 Å². The molecular weight excluding hydrogens is 913 g/mol. The Labute approximate surface area is 440 Å². The Kier molecular flexibility index (Phi) is 10.8. The van der Waals surface area contributed by atoms with Crippen molar-refractivity contribution in [1.29, 1.82) is 0 Å². The molecule has 74 heavy (non-hydrogen) atoms. The maximum Gasteiger partial charge on any atom is 0.160 e. The van der Waals surface area contributed by atoms with Gasteiger partial charge in [-0.05, 0) is 150 Å². The molecule has 1 spiro atoms. The molecule has 1 heterocycles. The van der Waals surface area contributed by atoms with Gasteiger partial charge >= 0.3 is 0 Å². The summed E-state index contributed by atoms with van der Waals surface area (Å²) in [5, 5.41) is 3.69. The van der Waals surface area contributed by atoms with E-state index >= 15 is 0 Å². The van der Waals surface area contributed by atoms with Crippen LogP contribution < -0.4 is 15.0 Å². The molecule has 2 aliphatic carbocycles. The SMILES string of the molecule is CC(C)(C)c1ccc(N(c2ccc(C(C)(C)C)cc2)c2ccc3c(c2)C2(c4ccccc4-c4ccccc42)c2cc(N(c4ccc(C(C)(C)C)cc4)c4ccc([Si](C)(C)C)cc4)c4oc5ccccc5c4c2-3)cc1. The molecule has 0 fully saturated rings. The highest BCUT2D eigenvalue weighted by atomic mass is 28.3. The number of rotatable bonds is 7. The Morgan fingerprint density at radius 1 is 0.392 bits per heavy atom. The number of furan rings is 1. The summed E-state index contributed by atoms with van der Waals surface area (Å²) in [6.45, 7) is 27.9. The third-order valence-electron chi connectivity index (χ3n) is 16.1. The van der Waals surface area contributed by atoms with Crippen molar-refractivity contribution in [2.24, 2.45) is 0 Å². The fraction of sp³-hybridized carbons (Fsp3) is 0.229. The maximum absolute atomic E-state index is 7.30. The number of hydrogen-bond acceptors (Lipinski definition) is 3. The van der Waals surface area contributed by atoms with Crippen LogP contribution in [0.3, 0.4) is 0 Å². The fourth-order valence-electron chi connectivity index (χ4n) is 12.1. The zero-order valence-corrected chi connectivity index (χ0v) is 46.3. The summed E-state index contributed by atoms with van der Waals surface area (Å²) in [7, 11) is -1.60. The van der Waals surface area contributed by atoms with Gasteiger partial charge in [0.05, 0.1) is 19.2 Å². The minimum absolute atomic E-state index is 0.00349. The van der Waals surface area contributed by atoms with E-state index in [2.05, 4.69) is 286 Å². The maximum atomic E-state index is 7.30.